The van der Waals surface area contributed by atoms with Crippen molar-refractivity contribution in [2.45, 2.75) is 25.0 Å². The van der Waals surface area contributed by atoms with Crippen molar-refractivity contribution in [1.82, 2.24) is 20.3 Å². The molecule has 0 fully saturated rings. The molecule has 0 radical (unpaired) electrons. The molecule has 3 aromatic carbocycles. The molecule has 46 heavy (non-hydrogen) atoms. The van der Waals surface area contributed by atoms with Gasteiger partial charge in [-0.25, -0.2) is 14.4 Å². The molecule has 12 heteroatoms. The van der Waals surface area contributed by atoms with Gasteiger partial charge in [0.15, 0.2) is 0 Å². The molecule has 0 saturated carbocycles. The van der Waals surface area contributed by atoms with Crippen molar-refractivity contribution in [1.29, 1.82) is 0 Å². The number of anilines is 2. The molecule has 3 heterocycles. The number of nitrogens with one attached hydrogen (secondary N) is 2. The van der Waals surface area contributed by atoms with E-state index >= 15 is 0 Å². The Kier molecular flexibility index (Phi) is 9.67. The molecular weight excluding hydrogens is 673 g/mol. The Labute approximate surface area is 275 Å². The van der Waals surface area contributed by atoms with Crippen molar-refractivity contribution >= 4 is 53.5 Å². The summed E-state index contributed by atoms with van der Waals surface area (Å²) in [6, 6.07) is 23.1. The van der Waals surface area contributed by atoms with E-state index < -0.39 is 15.9 Å². The van der Waals surface area contributed by atoms with E-state index in [9.17, 15) is 12.8 Å². The summed E-state index contributed by atoms with van der Waals surface area (Å²) in [7, 11) is -2.40. The Morgan fingerprint density at radius 2 is 1.93 bits per heavy atom. The minimum atomic E-state index is -2.40. The second-order valence-corrected chi connectivity index (χ2v) is 12.4. The molecule has 1 atom stereocenters. The highest BCUT2D eigenvalue weighted by molar-refractivity contribution is 9.10. The van der Waals surface area contributed by atoms with E-state index in [2.05, 4.69) is 41.5 Å². The van der Waals surface area contributed by atoms with E-state index in [1.54, 1.807) is 36.7 Å². The summed E-state index contributed by atoms with van der Waals surface area (Å²) in [6.45, 7) is 0.893. The minimum absolute atomic E-state index is 0.153. The van der Waals surface area contributed by atoms with E-state index in [0.29, 0.717) is 36.6 Å². The number of pyridine rings is 1. The number of hydrogen-bond acceptors (Lipinski definition) is 9. The number of aromatic nitrogens is 3. The maximum absolute atomic E-state index is 13.5. The third-order valence-corrected chi connectivity index (χ3v) is 9.00. The van der Waals surface area contributed by atoms with Crippen LogP contribution in [0.2, 0.25) is 0 Å². The van der Waals surface area contributed by atoms with Crippen molar-refractivity contribution in [3.8, 4) is 5.75 Å². The van der Waals surface area contributed by atoms with Gasteiger partial charge in [-0.3, -0.25) is 4.98 Å². The highest BCUT2D eigenvalue weighted by Gasteiger charge is 2.35. The monoisotopic (exact) mass is 701 g/mol. The first-order chi connectivity index (χ1) is 22.4. The second kappa shape index (κ2) is 14.2. The molecular formula is C34H29BrFN5O4S. The van der Waals surface area contributed by atoms with Gasteiger partial charge in [0.05, 0.1) is 21.9 Å². The van der Waals surface area contributed by atoms with Gasteiger partial charge in [0, 0.05) is 36.7 Å². The van der Waals surface area contributed by atoms with Crippen LogP contribution in [-0.2, 0) is 27.2 Å². The van der Waals surface area contributed by atoms with E-state index in [1.165, 1.54) is 18.5 Å². The third-order valence-electron chi connectivity index (χ3n) is 7.62. The predicted molar refractivity (Wildman–Crippen MR) is 179 cm³/mol. The van der Waals surface area contributed by atoms with Gasteiger partial charge < -0.3 is 20.1 Å². The maximum Gasteiger partial charge on any atom is 0.220 e. The molecule has 0 amide bonds. The van der Waals surface area contributed by atoms with Gasteiger partial charge in [-0.2, -0.15) is 8.42 Å². The summed E-state index contributed by atoms with van der Waals surface area (Å²) >= 11 is 3.58. The van der Waals surface area contributed by atoms with Crippen LogP contribution in [0, 0.1) is 5.82 Å². The molecule has 2 N–H and O–H groups in total. The van der Waals surface area contributed by atoms with Crippen LogP contribution in [-0.4, -0.2) is 41.3 Å². The zero-order valence-corrected chi connectivity index (χ0v) is 26.9. The van der Waals surface area contributed by atoms with Gasteiger partial charge in [-0.05, 0) is 94.3 Å². The van der Waals surface area contributed by atoms with Crippen LogP contribution in [0.1, 0.15) is 29.7 Å². The Hall–Kier alpha value is -4.65. The molecule has 2 aromatic heterocycles. The van der Waals surface area contributed by atoms with Crippen LogP contribution in [0.15, 0.2) is 108 Å². The van der Waals surface area contributed by atoms with Crippen LogP contribution in [0.3, 0.4) is 0 Å². The highest BCUT2D eigenvalue weighted by atomic mass is 79.9. The quantitative estimate of drug-likeness (QED) is 0.0860. The van der Waals surface area contributed by atoms with Crippen LogP contribution in [0.4, 0.5) is 15.9 Å². The molecule has 1 aliphatic rings. The molecule has 0 spiro atoms. The van der Waals surface area contributed by atoms with Crippen molar-refractivity contribution in [2.24, 2.45) is 0 Å². The Morgan fingerprint density at radius 1 is 1.02 bits per heavy atom. The fourth-order valence-corrected chi connectivity index (χ4v) is 6.28. The summed E-state index contributed by atoms with van der Waals surface area (Å²) in [5, 5.41) is 7.46. The van der Waals surface area contributed by atoms with Crippen LogP contribution in [0.25, 0.3) is 10.9 Å². The topological polar surface area (TPSA) is 115 Å². The van der Waals surface area contributed by atoms with Gasteiger partial charge in [-0.15, -0.1) is 0 Å². The minimum Gasteiger partial charge on any atom is -0.490 e. The number of hydrogen-bond donors (Lipinski definition) is 2. The van der Waals surface area contributed by atoms with E-state index in [4.69, 9.17) is 9.47 Å². The average Bonchev–Trinajstić information content (AvgIpc) is 3.55. The number of benzene rings is 3. The molecule has 5 aromatic rings. The average molecular weight is 703 g/mol. The first kappa shape index (κ1) is 31.3. The van der Waals surface area contributed by atoms with Crippen LogP contribution < -0.4 is 15.4 Å². The molecule has 0 bridgehead atoms. The summed E-state index contributed by atoms with van der Waals surface area (Å²) in [6.07, 6.45) is 8.02. The van der Waals surface area contributed by atoms with Gasteiger partial charge in [0.25, 0.3) is 0 Å². The van der Waals surface area contributed by atoms with Crippen molar-refractivity contribution in [3.05, 3.63) is 131 Å². The van der Waals surface area contributed by atoms with Crippen molar-refractivity contribution in [3.63, 3.8) is 0 Å². The molecule has 0 aliphatic carbocycles. The zero-order valence-electron chi connectivity index (χ0n) is 24.5. The Balaban J connectivity index is 1.17. The summed E-state index contributed by atoms with van der Waals surface area (Å²) < 4.78 is 50.1. The van der Waals surface area contributed by atoms with E-state index in [-0.39, 0.29) is 23.8 Å². The van der Waals surface area contributed by atoms with Crippen molar-refractivity contribution < 1.29 is 22.3 Å². The summed E-state index contributed by atoms with van der Waals surface area (Å²) in [5.74, 6) is 0.943. The molecule has 9 nitrogen and oxygen atoms in total. The highest BCUT2D eigenvalue weighted by Crippen LogP contribution is 2.40. The summed E-state index contributed by atoms with van der Waals surface area (Å²) in [5.41, 5.74) is 3.02. The first-order valence-electron chi connectivity index (χ1n) is 14.5. The molecule has 1 unspecified atom stereocenters. The molecule has 234 valence electrons. The third kappa shape index (κ3) is 7.25. The normalized spacial score (nSPS) is 15.4. The van der Waals surface area contributed by atoms with E-state index in [0.717, 1.165) is 32.2 Å². The van der Waals surface area contributed by atoms with Gasteiger partial charge >= 0.3 is 0 Å². The van der Waals surface area contributed by atoms with Gasteiger partial charge in [0.1, 0.15) is 40.8 Å². The number of nitrogens with zero attached hydrogens (tertiary/aromatic N) is 3. The Bertz CT molecular complexity index is 2030. The lowest BCUT2D eigenvalue weighted by molar-refractivity contribution is 0.0331. The standard InChI is InChI=1S/C34H29BrFN5O4S/c35-28-19-26(9-11-31(28)44-21-23-5-3-6-25(36)17-23)41-33-27-18-24(8-10-29(27)39-22-40-33)34(12-4-16-45-34)13-15-37-20-32(46(42)43)30-7-1-2-14-38-30/h1-11,14,16-19,22,37H,12-13,15,20-21H2,(H,39,40,41). The van der Waals surface area contributed by atoms with Crippen LogP contribution >= 0.6 is 15.9 Å². The maximum atomic E-state index is 13.5. The second-order valence-electron chi connectivity index (χ2n) is 10.6. The number of rotatable bonds is 12. The van der Waals surface area contributed by atoms with E-state index in [1.807, 2.05) is 48.5 Å². The fourth-order valence-electron chi connectivity index (χ4n) is 5.27. The Morgan fingerprint density at radius 3 is 2.70 bits per heavy atom. The number of halogens is 2. The fraction of sp³-hybridized carbons (Fsp3) is 0.176. The number of ether oxygens (including phenoxy) is 2. The SMILES string of the molecule is O=S(=O)=C(CNCCC1(c2ccc3ncnc(Nc4ccc(OCc5cccc(F)c5)c(Br)c4)c3c2)CC=CO1)c1ccccn1. The molecule has 6 rings (SSSR count). The lowest BCUT2D eigenvalue weighted by Gasteiger charge is -2.30. The lowest BCUT2D eigenvalue weighted by atomic mass is 9.87. The lowest BCUT2D eigenvalue weighted by Crippen LogP contribution is -2.33. The van der Waals surface area contributed by atoms with Crippen LogP contribution in [0.5, 0.6) is 5.75 Å². The molecule has 1 aliphatic heterocycles. The largest absolute Gasteiger partial charge is 0.490 e. The zero-order chi connectivity index (χ0) is 31.9. The van der Waals surface area contributed by atoms with Gasteiger partial charge in [0.2, 0.25) is 10.3 Å². The molecule has 0 saturated heterocycles. The smallest absolute Gasteiger partial charge is 0.220 e. The van der Waals surface area contributed by atoms with Gasteiger partial charge in [-0.1, -0.05) is 24.3 Å². The van der Waals surface area contributed by atoms with Crippen molar-refractivity contribution in [2.75, 3.05) is 18.4 Å². The summed E-state index contributed by atoms with van der Waals surface area (Å²) in [4.78, 5) is 13.4. The predicted octanol–water partition coefficient (Wildman–Crippen LogP) is 6.46. The first-order valence-corrected chi connectivity index (χ1v) is 16.4. The number of fused-ring (bicyclic) bond motifs is 1.